The van der Waals surface area contributed by atoms with Crippen LogP contribution in [0.3, 0.4) is 0 Å². The first-order chi connectivity index (χ1) is 12.5. The lowest BCUT2D eigenvalue weighted by Gasteiger charge is -2.19. The Balaban J connectivity index is 2.00. The molecule has 0 radical (unpaired) electrons. The lowest BCUT2D eigenvalue weighted by atomic mass is 9.87. The molecular formula is C21H29NO4S. The molecule has 1 N–H and O–H groups in total. The molecule has 0 aromatic heterocycles. The smallest absolute Gasteiger partial charge is 0.240 e. The van der Waals surface area contributed by atoms with Crippen molar-refractivity contribution in [2.24, 2.45) is 0 Å². The van der Waals surface area contributed by atoms with Gasteiger partial charge in [-0.25, -0.2) is 13.1 Å². The number of rotatable bonds is 7. The largest absolute Gasteiger partial charge is 0.496 e. The minimum Gasteiger partial charge on any atom is -0.496 e. The van der Waals surface area contributed by atoms with E-state index in [-0.39, 0.29) is 23.5 Å². The maximum absolute atomic E-state index is 12.6. The van der Waals surface area contributed by atoms with Gasteiger partial charge in [-0.05, 0) is 60.2 Å². The summed E-state index contributed by atoms with van der Waals surface area (Å²) in [5, 5.41) is 0. The monoisotopic (exact) mass is 391 g/mol. The van der Waals surface area contributed by atoms with E-state index < -0.39 is 10.0 Å². The van der Waals surface area contributed by atoms with E-state index in [9.17, 15) is 8.42 Å². The maximum atomic E-state index is 12.6. The van der Waals surface area contributed by atoms with Gasteiger partial charge in [-0.1, -0.05) is 32.9 Å². The van der Waals surface area contributed by atoms with E-state index in [4.69, 9.17) is 9.47 Å². The number of methoxy groups -OCH3 is 1. The minimum atomic E-state index is -3.61. The second kappa shape index (κ2) is 8.31. The molecule has 0 atom stereocenters. The van der Waals surface area contributed by atoms with Crippen LogP contribution in [0, 0.1) is 13.8 Å². The van der Waals surface area contributed by atoms with Gasteiger partial charge in [-0.2, -0.15) is 0 Å². The lowest BCUT2D eigenvalue weighted by molar-refractivity contribution is 0.322. The Morgan fingerprint density at radius 1 is 1.04 bits per heavy atom. The van der Waals surface area contributed by atoms with E-state index in [1.165, 1.54) is 5.56 Å². The van der Waals surface area contributed by atoms with Crippen molar-refractivity contribution >= 4 is 10.0 Å². The van der Waals surface area contributed by atoms with Gasteiger partial charge in [0.1, 0.15) is 18.1 Å². The predicted octanol–water partition coefficient (Wildman–Crippen LogP) is 3.97. The number of nitrogens with one attached hydrogen (secondary N) is 1. The molecule has 148 valence electrons. The Bertz CT molecular complexity index is 899. The predicted molar refractivity (Wildman–Crippen MR) is 108 cm³/mol. The van der Waals surface area contributed by atoms with E-state index in [1.807, 2.05) is 25.1 Å². The third-order valence-electron chi connectivity index (χ3n) is 4.34. The fourth-order valence-electron chi connectivity index (χ4n) is 2.75. The van der Waals surface area contributed by atoms with E-state index in [0.717, 1.165) is 11.3 Å². The number of benzene rings is 2. The van der Waals surface area contributed by atoms with E-state index in [0.29, 0.717) is 11.3 Å². The van der Waals surface area contributed by atoms with Crippen LogP contribution in [-0.4, -0.2) is 28.7 Å². The average Bonchev–Trinajstić information content (AvgIpc) is 2.60. The maximum Gasteiger partial charge on any atom is 0.240 e. The molecule has 6 heteroatoms. The summed E-state index contributed by atoms with van der Waals surface area (Å²) in [5.74, 6) is 1.41. The standard InChI is InChI=1S/C21H29NO4S/c1-15-13-20(16(2)12-19(15)25-6)27(23,24)22-10-11-26-18-9-7-8-17(14-18)21(3,4)5/h7-9,12-14,22H,10-11H2,1-6H3. The van der Waals surface area contributed by atoms with Crippen LogP contribution >= 0.6 is 0 Å². The molecule has 27 heavy (non-hydrogen) atoms. The van der Waals surface area contributed by atoms with Crippen LogP contribution in [0.25, 0.3) is 0 Å². The number of hydrogen-bond acceptors (Lipinski definition) is 4. The van der Waals surface area contributed by atoms with Crippen molar-refractivity contribution in [3.63, 3.8) is 0 Å². The van der Waals surface area contributed by atoms with Gasteiger partial charge in [-0.15, -0.1) is 0 Å². The first kappa shape index (κ1) is 21.3. The summed E-state index contributed by atoms with van der Waals surface area (Å²) < 4.78 is 38.7. The van der Waals surface area contributed by atoms with Crippen molar-refractivity contribution in [2.75, 3.05) is 20.3 Å². The molecular weight excluding hydrogens is 362 g/mol. The minimum absolute atomic E-state index is 0.0325. The molecule has 5 nitrogen and oxygen atoms in total. The fraction of sp³-hybridized carbons (Fsp3) is 0.429. The Morgan fingerprint density at radius 3 is 2.37 bits per heavy atom. The first-order valence-electron chi connectivity index (χ1n) is 8.93. The normalized spacial score (nSPS) is 12.1. The van der Waals surface area contributed by atoms with Crippen LogP contribution in [0.15, 0.2) is 41.3 Å². The van der Waals surface area contributed by atoms with Crippen molar-refractivity contribution in [3.05, 3.63) is 53.1 Å². The molecule has 2 rings (SSSR count). The molecule has 0 aliphatic rings. The molecule has 0 unspecified atom stereocenters. The Morgan fingerprint density at radius 2 is 1.74 bits per heavy atom. The zero-order chi connectivity index (χ0) is 20.2. The molecule has 0 aliphatic carbocycles. The highest BCUT2D eigenvalue weighted by Crippen LogP contribution is 2.26. The van der Waals surface area contributed by atoms with Gasteiger partial charge in [0.15, 0.2) is 0 Å². The molecule has 0 heterocycles. The topological polar surface area (TPSA) is 64.6 Å². The van der Waals surface area contributed by atoms with Crippen molar-refractivity contribution in [2.45, 2.75) is 44.9 Å². The lowest BCUT2D eigenvalue weighted by Crippen LogP contribution is -2.29. The summed E-state index contributed by atoms with van der Waals surface area (Å²) in [5.41, 5.74) is 2.62. The van der Waals surface area contributed by atoms with Crippen molar-refractivity contribution in [1.82, 2.24) is 4.72 Å². The van der Waals surface area contributed by atoms with Crippen LogP contribution in [0.5, 0.6) is 11.5 Å². The van der Waals surface area contributed by atoms with Gasteiger partial charge in [0, 0.05) is 6.54 Å². The first-order valence-corrected chi connectivity index (χ1v) is 10.4. The van der Waals surface area contributed by atoms with Gasteiger partial charge in [0.2, 0.25) is 10.0 Å². The summed E-state index contributed by atoms with van der Waals surface area (Å²) in [6.45, 7) is 10.4. The van der Waals surface area contributed by atoms with E-state index in [2.05, 4.69) is 31.6 Å². The number of sulfonamides is 1. The second-order valence-electron chi connectivity index (χ2n) is 7.61. The van der Waals surface area contributed by atoms with Gasteiger partial charge in [0.25, 0.3) is 0 Å². The molecule has 2 aromatic carbocycles. The molecule has 0 spiro atoms. The zero-order valence-corrected chi connectivity index (χ0v) is 17.7. The Kier molecular flexibility index (Phi) is 6.54. The average molecular weight is 392 g/mol. The second-order valence-corrected chi connectivity index (χ2v) is 9.35. The van der Waals surface area contributed by atoms with Crippen molar-refractivity contribution < 1.29 is 17.9 Å². The quantitative estimate of drug-likeness (QED) is 0.726. The summed E-state index contributed by atoms with van der Waals surface area (Å²) in [7, 11) is -2.04. The summed E-state index contributed by atoms with van der Waals surface area (Å²) in [6.07, 6.45) is 0. The highest BCUT2D eigenvalue weighted by atomic mass is 32.2. The third kappa shape index (κ3) is 5.47. The van der Waals surface area contributed by atoms with Crippen LogP contribution in [0.4, 0.5) is 0 Å². The molecule has 0 bridgehead atoms. The molecule has 0 saturated carbocycles. The molecule has 2 aromatic rings. The highest BCUT2D eigenvalue weighted by Gasteiger charge is 2.18. The molecule has 0 fully saturated rings. The van der Waals surface area contributed by atoms with E-state index in [1.54, 1.807) is 26.2 Å². The summed E-state index contributed by atoms with van der Waals surface area (Å²) in [4.78, 5) is 0.260. The molecule has 0 amide bonds. The fourth-order valence-corrected chi connectivity index (χ4v) is 4.07. The van der Waals surface area contributed by atoms with Gasteiger partial charge < -0.3 is 9.47 Å². The number of hydrogen-bond donors (Lipinski definition) is 1. The number of ether oxygens (including phenoxy) is 2. The SMILES string of the molecule is COc1cc(C)c(S(=O)(=O)NCCOc2cccc(C(C)(C)C)c2)cc1C. The highest BCUT2D eigenvalue weighted by molar-refractivity contribution is 7.89. The van der Waals surface area contributed by atoms with Crippen molar-refractivity contribution in [1.29, 1.82) is 0 Å². The summed E-state index contributed by atoms with van der Waals surface area (Å²) >= 11 is 0. The Labute approximate surface area is 162 Å². The third-order valence-corrected chi connectivity index (χ3v) is 5.95. The molecule has 0 aliphatic heterocycles. The van der Waals surface area contributed by atoms with Crippen LogP contribution in [-0.2, 0) is 15.4 Å². The van der Waals surface area contributed by atoms with E-state index >= 15 is 0 Å². The van der Waals surface area contributed by atoms with Crippen LogP contribution < -0.4 is 14.2 Å². The Hall–Kier alpha value is -2.05. The zero-order valence-electron chi connectivity index (χ0n) is 16.9. The number of aryl methyl sites for hydroxylation is 2. The van der Waals surface area contributed by atoms with Gasteiger partial charge in [-0.3, -0.25) is 0 Å². The van der Waals surface area contributed by atoms with Crippen LogP contribution in [0.1, 0.15) is 37.5 Å². The van der Waals surface area contributed by atoms with Gasteiger partial charge in [0.05, 0.1) is 12.0 Å². The van der Waals surface area contributed by atoms with Gasteiger partial charge >= 0.3 is 0 Å². The van der Waals surface area contributed by atoms with Crippen LogP contribution in [0.2, 0.25) is 0 Å². The van der Waals surface area contributed by atoms with Crippen molar-refractivity contribution in [3.8, 4) is 11.5 Å². The summed E-state index contributed by atoms with van der Waals surface area (Å²) in [6, 6.07) is 11.2. The molecule has 0 saturated heterocycles.